The molecule has 7 heteroatoms. The smallest absolute Gasteiger partial charge is 0.240 e. The Morgan fingerprint density at radius 2 is 1.79 bits per heavy atom. The SMILES string of the molecule is CCN(CC)C(=O)C(Sc1ccc(-n2nc(C)cc2C)nn1)c1ccccc1. The van der Waals surface area contributed by atoms with Gasteiger partial charge >= 0.3 is 0 Å². The molecule has 0 aliphatic rings. The van der Waals surface area contributed by atoms with E-state index in [1.807, 2.05) is 81.1 Å². The molecule has 146 valence electrons. The maximum atomic E-state index is 13.1. The molecule has 1 amide bonds. The normalized spacial score (nSPS) is 12.0. The van der Waals surface area contributed by atoms with Crippen molar-refractivity contribution in [3.63, 3.8) is 0 Å². The van der Waals surface area contributed by atoms with E-state index < -0.39 is 0 Å². The van der Waals surface area contributed by atoms with Crippen LogP contribution in [0.1, 0.15) is 36.0 Å². The summed E-state index contributed by atoms with van der Waals surface area (Å²) < 4.78 is 1.77. The van der Waals surface area contributed by atoms with Gasteiger partial charge in [0.2, 0.25) is 5.91 Å². The molecular weight excluding hydrogens is 370 g/mol. The van der Waals surface area contributed by atoms with Gasteiger partial charge in [0.05, 0.1) is 5.69 Å². The van der Waals surface area contributed by atoms with Crippen LogP contribution in [0.4, 0.5) is 0 Å². The number of amides is 1. The summed E-state index contributed by atoms with van der Waals surface area (Å²) in [5.74, 6) is 0.756. The van der Waals surface area contributed by atoms with Crippen molar-refractivity contribution < 1.29 is 4.79 Å². The number of rotatable bonds is 7. The molecule has 0 spiro atoms. The van der Waals surface area contributed by atoms with Crippen LogP contribution in [0.2, 0.25) is 0 Å². The molecule has 1 unspecified atom stereocenters. The standard InChI is InChI=1S/C21H25N5OS/c1-5-25(6-2)21(27)20(17-10-8-7-9-11-17)28-19-13-12-18(22-23-19)26-16(4)14-15(3)24-26/h7-14,20H,5-6H2,1-4H3. The summed E-state index contributed by atoms with van der Waals surface area (Å²) in [7, 11) is 0. The fraction of sp³-hybridized carbons (Fsp3) is 0.333. The third-order valence-corrected chi connectivity index (χ3v) is 5.66. The second kappa shape index (κ2) is 9.01. The number of aromatic nitrogens is 4. The summed E-state index contributed by atoms with van der Waals surface area (Å²) in [6, 6.07) is 15.6. The van der Waals surface area contributed by atoms with Gasteiger partial charge in [-0.15, -0.1) is 10.2 Å². The summed E-state index contributed by atoms with van der Waals surface area (Å²) in [6.45, 7) is 9.29. The van der Waals surface area contributed by atoms with Crippen LogP contribution < -0.4 is 0 Å². The zero-order valence-electron chi connectivity index (χ0n) is 16.7. The molecule has 0 aliphatic carbocycles. The fourth-order valence-electron chi connectivity index (χ4n) is 3.06. The Bertz CT molecular complexity index is 920. The molecule has 1 atom stereocenters. The van der Waals surface area contributed by atoms with Gasteiger partial charge in [0.25, 0.3) is 0 Å². The molecule has 1 aromatic carbocycles. The van der Waals surface area contributed by atoms with E-state index >= 15 is 0 Å². The number of benzene rings is 1. The monoisotopic (exact) mass is 395 g/mol. The van der Waals surface area contributed by atoms with Crippen LogP contribution in [-0.4, -0.2) is 43.9 Å². The largest absolute Gasteiger partial charge is 0.342 e. The van der Waals surface area contributed by atoms with Crippen LogP contribution in [0.25, 0.3) is 5.82 Å². The zero-order valence-corrected chi connectivity index (χ0v) is 17.5. The average molecular weight is 396 g/mol. The molecule has 28 heavy (non-hydrogen) atoms. The minimum absolute atomic E-state index is 0.0885. The highest BCUT2D eigenvalue weighted by Crippen LogP contribution is 2.35. The highest BCUT2D eigenvalue weighted by molar-refractivity contribution is 8.00. The Balaban J connectivity index is 1.86. The van der Waals surface area contributed by atoms with Gasteiger partial charge in [0, 0.05) is 18.8 Å². The summed E-state index contributed by atoms with van der Waals surface area (Å²) in [5.41, 5.74) is 2.91. The van der Waals surface area contributed by atoms with Crippen LogP contribution in [0, 0.1) is 13.8 Å². The predicted molar refractivity (Wildman–Crippen MR) is 112 cm³/mol. The molecule has 0 saturated heterocycles. The number of thioether (sulfide) groups is 1. The summed E-state index contributed by atoms with van der Waals surface area (Å²) in [6.07, 6.45) is 0. The first-order valence-electron chi connectivity index (χ1n) is 9.41. The molecule has 0 aliphatic heterocycles. The van der Waals surface area contributed by atoms with Gasteiger partial charge in [-0.25, -0.2) is 4.68 Å². The Morgan fingerprint density at radius 1 is 1.07 bits per heavy atom. The maximum absolute atomic E-state index is 13.1. The predicted octanol–water partition coefficient (Wildman–Crippen LogP) is 3.98. The number of hydrogen-bond donors (Lipinski definition) is 0. The molecule has 3 aromatic rings. The lowest BCUT2D eigenvalue weighted by molar-refractivity contribution is -0.130. The van der Waals surface area contributed by atoms with Crippen LogP contribution in [0.5, 0.6) is 0 Å². The van der Waals surface area contributed by atoms with E-state index in [-0.39, 0.29) is 11.2 Å². The molecule has 0 saturated carbocycles. The van der Waals surface area contributed by atoms with Crippen LogP contribution in [0.3, 0.4) is 0 Å². The van der Waals surface area contributed by atoms with Crippen molar-refractivity contribution in [1.29, 1.82) is 0 Å². The average Bonchev–Trinajstić information content (AvgIpc) is 3.06. The molecule has 2 heterocycles. The first-order chi connectivity index (χ1) is 13.5. The van der Waals surface area contributed by atoms with E-state index in [0.717, 1.165) is 17.0 Å². The minimum Gasteiger partial charge on any atom is -0.342 e. The van der Waals surface area contributed by atoms with Gasteiger partial charge < -0.3 is 4.90 Å². The first-order valence-corrected chi connectivity index (χ1v) is 10.3. The van der Waals surface area contributed by atoms with E-state index in [9.17, 15) is 4.79 Å². The molecule has 0 bridgehead atoms. The number of carbonyl (C=O) groups excluding carboxylic acids is 1. The van der Waals surface area contributed by atoms with Gasteiger partial charge in [-0.05, 0) is 51.5 Å². The fourth-order valence-corrected chi connectivity index (χ4v) is 4.08. The van der Waals surface area contributed by atoms with Gasteiger partial charge in [-0.1, -0.05) is 42.1 Å². The molecule has 0 fully saturated rings. The number of aryl methyl sites for hydroxylation is 2. The van der Waals surface area contributed by atoms with Gasteiger partial charge in [-0.3, -0.25) is 4.79 Å². The number of carbonyl (C=O) groups is 1. The number of hydrogen-bond acceptors (Lipinski definition) is 5. The maximum Gasteiger partial charge on any atom is 0.240 e. The Labute approximate surface area is 170 Å². The van der Waals surface area contributed by atoms with E-state index in [4.69, 9.17) is 0 Å². The lowest BCUT2D eigenvalue weighted by atomic mass is 10.1. The Morgan fingerprint density at radius 3 is 2.32 bits per heavy atom. The van der Waals surface area contributed by atoms with E-state index in [0.29, 0.717) is 23.9 Å². The van der Waals surface area contributed by atoms with Crippen LogP contribution in [-0.2, 0) is 4.79 Å². The highest BCUT2D eigenvalue weighted by atomic mass is 32.2. The second-order valence-electron chi connectivity index (χ2n) is 6.49. The van der Waals surface area contributed by atoms with Crippen LogP contribution >= 0.6 is 11.8 Å². The van der Waals surface area contributed by atoms with E-state index in [1.165, 1.54) is 11.8 Å². The molecule has 0 N–H and O–H groups in total. The summed E-state index contributed by atoms with van der Waals surface area (Å²) in [5, 5.41) is 13.5. The number of nitrogens with zero attached hydrogens (tertiary/aromatic N) is 5. The van der Waals surface area contributed by atoms with Gasteiger partial charge in [0.15, 0.2) is 5.82 Å². The van der Waals surface area contributed by atoms with Crippen molar-refractivity contribution in [1.82, 2.24) is 24.9 Å². The lowest BCUT2D eigenvalue weighted by Gasteiger charge is -2.24. The number of likely N-dealkylation sites (N-methyl/N-ethyl adjacent to an activating group) is 1. The Hall–Kier alpha value is -2.67. The first kappa shape index (κ1) is 20.1. The molecular formula is C21H25N5OS. The molecule has 3 rings (SSSR count). The van der Waals surface area contributed by atoms with Crippen molar-refractivity contribution in [2.75, 3.05) is 13.1 Å². The Kier molecular flexibility index (Phi) is 6.46. The van der Waals surface area contributed by atoms with Crippen molar-refractivity contribution >= 4 is 17.7 Å². The molecule has 6 nitrogen and oxygen atoms in total. The summed E-state index contributed by atoms with van der Waals surface area (Å²) >= 11 is 1.43. The van der Waals surface area contributed by atoms with E-state index in [2.05, 4.69) is 15.3 Å². The van der Waals surface area contributed by atoms with Crippen molar-refractivity contribution in [3.05, 3.63) is 65.5 Å². The van der Waals surface area contributed by atoms with Gasteiger partial charge in [0.1, 0.15) is 10.3 Å². The third-order valence-electron chi connectivity index (χ3n) is 4.49. The van der Waals surface area contributed by atoms with Crippen molar-refractivity contribution in [2.45, 2.75) is 38.0 Å². The van der Waals surface area contributed by atoms with Crippen molar-refractivity contribution in [3.8, 4) is 5.82 Å². The summed E-state index contributed by atoms with van der Waals surface area (Å²) in [4.78, 5) is 14.9. The van der Waals surface area contributed by atoms with Crippen molar-refractivity contribution in [2.24, 2.45) is 0 Å². The topological polar surface area (TPSA) is 63.9 Å². The molecule has 0 radical (unpaired) electrons. The minimum atomic E-state index is -0.352. The van der Waals surface area contributed by atoms with Crippen LogP contribution in [0.15, 0.2) is 53.6 Å². The second-order valence-corrected chi connectivity index (χ2v) is 7.61. The third kappa shape index (κ3) is 4.42. The molecule has 2 aromatic heterocycles. The quantitative estimate of drug-likeness (QED) is 0.566. The highest BCUT2D eigenvalue weighted by Gasteiger charge is 2.26. The lowest BCUT2D eigenvalue weighted by Crippen LogP contribution is -2.33. The van der Waals surface area contributed by atoms with Gasteiger partial charge in [-0.2, -0.15) is 5.10 Å². The van der Waals surface area contributed by atoms with E-state index in [1.54, 1.807) is 4.68 Å². The zero-order chi connectivity index (χ0) is 20.1.